The van der Waals surface area contributed by atoms with Crippen LogP contribution in [0.1, 0.15) is 11.5 Å². The Labute approximate surface area is 98.8 Å². The molecule has 1 atom stereocenters. The number of fused-ring (bicyclic) bond motifs is 3. The van der Waals surface area contributed by atoms with Gasteiger partial charge in [0.25, 0.3) is 0 Å². The number of aromatic hydroxyl groups is 1. The Morgan fingerprint density at radius 3 is 2.81 bits per heavy atom. The maximum absolute atomic E-state index is 9.92. The summed E-state index contributed by atoms with van der Waals surface area (Å²) in [6.45, 7) is 0.853. The monoisotopic (exact) mass is 233 g/mol. The van der Waals surface area contributed by atoms with E-state index in [9.17, 15) is 5.11 Å². The molecule has 0 aliphatic carbocycles. The van der Waals surface area contributed by atoms with Gasteiger partial charge in [-0.05, 0) is 10.9 Å². The van der Waals surface area contributed by atoms with Crippen molar-refractivity contribution >= 4 is 28.1 Å². The van der Waals surface area contributed by atoms with Gasteiger partial charge in [0, 0.05) is 35.5 Å². The smallest absolute Gasteiger partial charge is 0.125 e. The van der Waals surface area contributed by atoms with Crippen molar-refractivity contribution in [3.63, 3.8) is 0 Å². The highest BCUT2D eigenvalue weighted by molar-refractivity contribution is 6.18. The molecule has 2 aromatic carbocycles. The zero-order chi connectivity index (χ0) is 11.1. The van der Waals surface area contributed by atoms with Gasteiger partial charge in [-0.2, -0.15) is 0 Å². The van der Waals surface area contributed by atoms with Gasteiger partial charge >= 0.3 is 0 Å². The van der Waals surface area contributed by atoms with Crippen LogP contribution in [0.5, 0.6) is 5.75 Å². The highest BCUT2D eigenvalue weighted by Crippen LogP contribution is 2.41. The highest BCUT2D eigenvalue weighted by atomic mass is 35.5. The highest BCUT2D eigenvalue weighted by Gasteiger charge is 2.24. The van der Waals surface area contributed by atoms with Crippen molar-refractivity contribution in [1.82, 2.24) is 0 Å². The molecule has 0 saturated heterocycles. The molecular formula is C13H12ClNO. The van der Waals surface area contributed by atoms with E-state index in [0.29, 0.717) is 17.5 Å². The van der Waals surface area contributed by atoms with E-state index >= 15 is 0 Å². The molecule has 0 spiro atoms. The molecule has 0 saturated carbocycles. The van der Waals surface area contributed by atoms with Gasteiger partial charge in [0.05, 0.1) is 0 Å². The number of hydrogen-bond donors (Lipinski definition) is 2. The molecule has 16 heavy (non-hydrogen) atoms. The molecule has 1 heterocycles. The Balaban J connectivity index is 2.37. The Bertz CT molecular complexity index is 553. The first-order chi connectivity index (χ1) is 7.81. The number of rotatable bonds is 1. The number of nitrogens with one attached hydrogen (secondary N) is 1. The largest absolute Gasteiger partial charge is 0.507 e. The van der Waals surface area contributed by atoms with Crippen LogP contribution >= 0.6 is 11.6 Å². The molecule has 0 amide bonds. The fraction of sp³-hybridized carbons (Fsp3) is 0.231. The number of anilines is 1. The first-order valence-corrected chi connectivity index (χ1v) is 5.89. The van der Waals surface area contributed by atoms with Crippen molar-refractivity contribution in [3.8, 4) is 5.75 Å². The van der Waals surface area contributed by atoms with Gasteiger partial charge < -0.3 is 10.4 Å². The molecule has 0 radical (unpaired) electrons. The summed E-state index contributed by atoms with van der Waals surface area (Å²) in [6, 6.07) is 9.71. The van der Waals surface area contributed by atoms with E-state index in [0.717, 1.165) is 23.0 Å². The lowest BCUT2D eigenvalue weighted by Gasteiger charge is -2.10. The van der Waals surface area contributed by atoms with Crippen molar-refractivity contribution < 1.29 is 5.11 Å². The predicted octanol–water partition coefficient (Wildman–Crippen LogP) is 3.29. The Morgan fingerprint density at radius 2 is 2.06 bits per heavy atom. The van der Waals surface area contributed by atoms with E-state index in [4.69, 9.17) is 11.6 Å². The second kappa shape index (κ2) is 3.56. The summed E-state index contributed by atoms with van der Waals surface area (Å²) in [5, 5.41) is 15.2. The van der Waals surface area contributed by atoms with Crippen LogP contribution in [0.25, 0.3) is 10.8 Å². The minimum atomic E-state index is 0.331. The van der Waals surface area contributed by atoms with Crippen LogP contribution in [0.2, 0.25) is 0 Å². The van der Waals surface area contributed by atoms with Crippen LogP contribution in [0, 0.1) is 0 Å². The van der Waals surface area contributed by atoms with E-state index in [1.54, 1.807) is 6.07 Å². The molecule has 1 aliphatic heterocycles. The molecule has 0 fully saturated rings. The molecule has 3 rings (SSSR count). The molecule has 2 nitrogen and oxygen atoms in total. The number of halogens is 1. The molecule has 3 heteroatoms. The van der Waals surface area contributed by atoms with E-state index in [1.807, 2.05) is 24.3 Å². The zero-order valence-electron chi connectivity index (χ0n) is 8.70. The quantitative estimate of drug-likeness (QED) is 0.741. The maximum Gasteiger partial charge on any atom is 0.125 e. The summed E-state index contributed by atoms with van der Waals surface area (Å²) < 4.78 is 0. The second-order valence-corrected chi connectivity index (χ2v) is 4.44. The van der Waals surface area contributed by atoms with Gasteiger partial charge in [-0.3, -0.25) is 0 Å². The lowest BCUT2D eigenvalue weighted by atomic mass is 9.95. The van der Waals surface area contributed by atoms with E-state index in [1.165, 1.54) is 5.56 Å². The average Bonchev–Trinajstić information content (AvgIpc) is 2.72. The first-order valence-electron chi connectivity index (χ1n) is 5.35. The van der Waals surface area contributed by atoms with Gasteiger partial charge in [0.1, 0.15) is 5.75 Å². The lowest BCUT2D eigenvalue weighted by Crippen LogP contribution is -2.02. The van der Waals surface area contributed by atoms with Crippen molar-refractivity contribution in [1.29, 1.82) is 0 Å². The maximum atomic E-state index is 9.92. The van der Waals surface area contributed by atoms with Crippen LogP contribution in [-0.2, 0) is 0 Å². The average molecular weight is 234 g/mol. The van der Waals surface area contributed by atoms with Gasteiger partial charge in [0.2, 0.25) is 0 Å². The number of alkyl halides is 1. The Kier molecular flexibility index (Phi) is 2.18. The summed E-state index contributed by atoms with van der Waals surface area (Å²) in [4.78, 5) is 0. The number of phenols is 1. The Hall–Kier alpha value is -1.41. The predicted molar refractivity (Wildman–Crippen MR) is 67.6 cm³/mol. The van der Waals surface area contributed by atoms with Crippen LogP contribution in [0.15, 0.2) is 30.3 Å². The summed E-state index contributed by atoms with van der Waals surface area (Å²) in [5.41, 5.74) is 2.25. The fourth-order valence-corrected chi connectivity index (χ4v) is 2.70. The van der Waals surface area contributed by atoms with Gasteiger partial charge in [-0.1, -0.05) is 24.3 Å². The summed E-state index contributed by atoms with van der Waals surface area (Å²) in [5.74, 6) is 1.27. The summed E-state index contributed by atoms with van der Waals surface area (Å²) >= 11 is 5.97. The standard InChI is InChI=1S/C13H12ClNO/c14-6-8-7-15-11-5-12(16)9-3-1-2-4-10(9)13(8)11/h1-5,8,15-16H,6-7H2/t8-/m0/s1. The van der Waals surface area contributed by atoms with Crippen LogP contribution < -0.4 is 5.32 Å². The van der Waals surface area contributed by atoms with Gasteiger partial charge in [-0.25, -0.2) is 0 Å². The molecule has 0 bridgehead atoms. The molecule has 0 unspecified atom stereocenters. The minimum Gasteiger partial charge on any atom is -0.507 e. The van der Waals surface area contributed by atoms with E-state index in [2.05, 4.69) is 5.32 Å². The summed E-state index contributed by atoms with van der Waals surface area (Å²) in [7, 11) is 0. The van der Waals surface area contributed by atoms with Crippen LogP contribution in [-0.4, -0.2) is 17.5 Å². The van der Waals surface area contributed by atoms with Gasteiger partial charge in [-0.15, -0.1) is 11.6 Å². The number of phenolic OH excluding ortho intramolecular Hbond substituents is 1. The normalized spacial score (nSPS) is 18.4. The van der Waals surface area contributed by atoms with Crippen molar-refractivity contribution in [2.75, 3.05) is 17.7 Å². The topological polar surface area (TPSA) is 32.3 Å². The van der Waals surface area contributed by atoms with Gasteiger partial charge in [0.15, 0.2) is 0 Å². The number of hydrogen-bond acceptors (Lipinski definition) is 2. The number of benzene rings is 2. The lowest BCUT2D eigenvalue weighted by molar-refractivity contribution is 0.482. The molecule has 2 N–H and O–H groups in total. The molecule has 1 aliphatic rings. The zero-order valence-corrected chi connectivity index (χ0v) is 9.46. The van der Waals surface area contributed by atoms with Crippen molar-refractivity contribution in [3.05, 3.63) is 35.9 Å². The fourth-order valence-electron chi connectivity index (χ4n) is 2.43. The minimum absolute atomic E-state index is 0.331. The first kappa shape index (κ1) is 9.79. The van der Waals surface area contributed by atoms with Crippen molar-refractivity contribution in [2.24, 2.45) is 0 Å². The molecule has 0 aromatic heterocycles. The summed E-state index contributed by atoms with van der Waals surface area (Å²) in [6.07, 6.45) is 0. The Morgan fingerprint density at radius 1 is 1.31 bits per heavy atom. The SMILES string of the molecule is Oc1cc2c(c3ccccc13)[C@@H](CCl)CN2. The van der Waals surface area contributed by atoms with Crippen LogP contribution in [0.4, 0.5) is 5.69 Å². The second-order valence-electron chi connectivity index (χ2n) is 4.13. The van der Waals surface area contributed by atoms with E-state index in [-0.39, 0.29) is 0 Å². The molecule has 82 valence electrons. The van der Waals surface area contributed by atoms with Crippen LogP contribution in [0.3, 0.4) is 0 Å². The third kappa shape index (κ3) is 1.26. The van der Waals surface area contributed by atoms with Crippen molar-refractivity contribution in [2.45, 2.75) is 5.92 Å². The van der Waals surface area contributed by atoms with E-state index < -0.39 is 0 Å². The molecule has 2 aromatic rings. The third-order valence-corrected chi connectivity index (χ3v) is 3.57. The molecular weight excluding hydrogens is 222 g/mol. The third-order valence-electron chi connectivity index (χ3n) is 3.20.